The Hall–Kier alpha value is -3.04. The first-order valence-electron chi connectivity index (χ1n) is 14.4. The van der Waals surface area contributed by atoms with Crippen molar-refractivity contribution in [1.82, 2.24) is 19.7 Å². The van der Waals surface area contributed by atoms with E-state index in [1.165, 1.54) is 23.3 Å². The molecule has 0 spiro atoms. The first-order chi connectivity index (χ1) is 21.0. The number of thiophene rings is 1. The number of carbonyl (C=O) groups is 2. The number of methoxy groups -OCH3 is 1. The lowest BCUT2D eigenvalue weighted by Gasteiger charge is -2.38. The van der Waals surface area contributed by atoms with Gasteiger partial charge in [0.15, 0.2) is 11.5 Å². The molecule has 0 unspecified atom stereocenters. The first-order valence-corrected chi connectivity index (χ1v) is 17.1. The SMILES string of the molecule is COc1c(N2CCCCC2=O)cc(F)cc1S(=O)(=O)N[C@@H](Cc1cc(-c2ccc(Cl)s2)on1)C(=O)N1CCN(C(C)C)CC1. The van der Waals surface area contributed by atoms with Crippen LogP contribution in [0.5, 0.6) is 5.75 Å². The van der Waals surface area contributed by atoms with Crippen LogP contribution in [0.1, 0.15) is 38.8 Å². The Balaban J connectivity index is 1.47. The van der Waals surface area contributed by atoms with Crippen LogP contribution in [0.25, 0.3) is 10.6 Å². The summed E-state index contributed by atoms with van der Waals surface area (Å²) in [4.78, 5) is 32.0. The van der Waals surface area contributed by atoms with E-state index in [2.05, 4.69) is 28.6 Å². The standard InChI is InChI=1S/C29H35ClFN5O6S2/c1-18(2)34-10-12-35(13-11-34)29(38)21(16-20-17-23(42-32-20)24-7-8-26(30)43-24)33-44(39,40)25-15-19(31)14-22(28(25)41-3)36-9-5-4-6-27(36)37/h7-8,14-15,17-18,21,33H,4-6,9-13,16H2,1-3H3/t21-/m0/s1. The lowest BCUT2D eigenvalue weighted by atomic mass is 10.1. The molecule has 5 rings (SSSR count). The van der Waals surface area contributed by atoms with Gasteiger partial charge in [0.05, 0.1) is 27.7 Å². The lowest BCUT2D eigenvalue weighted by molar-refractivity contribution is -0.135. The van der Waals surface area contributed by atoms with Crippen molar-refractivity contribution in [3.05, 3.63) is 46.2 Å². The number of piperidine rings is 1. The van der Waals surface area contributed by atoms with Crippen LogP contribution < -0.4 is 14.4 Å². The molecular formula is C29H35ClFN5O6S2. The zero-order valence-electron chi connectivity index (χ0n) is 24.7. The highest BCUT2D eigenvalue weighted by molar-refractivity contribution is 7.89. The minimum atomic E-state index is -4.56. The highest BCUT2D eigenvalue weighted by Crippen LogP contribution is 2.38. The number of benzene rings is 1. The molecule has 0 aliphatic carbocycles. The summed E-state index contributed by atoms with van der Waals surface area (Å²) in [5.74, 6) is -1.30. The number of hydrogen-bond acceptors (Lipinski definition) is 9. The largest absolute Gasteiger partial charge is 0.493 e. The average Bonchev–Trinajstić information content (AvgIpc) is 3.65. The Bertz CT molecular complexity index is 1620. The van der Waals surface area contributed by atoms with Crippen LogP contribution in [-0.4, -0.2) is 87.1 Å². The molecule has 11 nitrogen and oxygen atoms in total. The Morgan fingerprint density at radius 2 is 1.91 bits per heavy atom. The minimum Gasteiger partial charge on any atom is -0.493 e. The van der Waals surface area contributed by atoms with E-state index in [1.807, 2.05) is 0 Å². The third-order valence-electron chi connectivity index (χ3n) is 7.85. The summed E-state index contributed by atoms with van der Waals surface area (Å²) in [7, 11) is -3.30. The number of ether oxygens (including phenoxy) is 1. The number of hydrogen-bond donors (Lipinski definition) is 1. The molecule has 2 aliphatic heterocycles. The van der Waals surface area contributed by atoms with Gasteiger partial charge in [-0.15, -0.1) is 11.3 Å². The molecule has 1 N–H and O–H groups in total. The molecule has 0 radical (unpaired) electrons. The Morgan fingerprint density at radius 1 is 1.16 bits per heavy atom. The van der Waals surface area contributed by atoms with E-state index >= 15 is 0 Å². The fourth-order valence-corrected chi connectivity index (χ4v) is 7.89. The maximum atomic E-state index is 15.0. The average molecular weight is 668 g/mol. The van der Waals surface area contributed by atoms with Gasteiger partial charge in [-0.05, 0) is 44.9 Å². The van der Waals surface area contributed by atoms with E-state index < -0.39 is 32.7 Å². The van der Waals surface area contributed by atoms with Gasteiger partial charge in [0, 0.05) is 63.7 Å². The molecule has 0 saturated carbocycles. The van der Waals surface area contributed by atoms with E-state index in [1.54, 1.807) is 23.1 Å². The summed E-state index contributed by atoms with van der Waals surface area (Å²) in [6.45, 7) is 6.57. The van der Waals surface area contributed by atoms with Gasteiger partial charge < -0.3 is 19.1 Å². The second-order valence-corrected chi connectivity index (χ2v) is 14.5. The van der Waals surface area contributed by atoms with Gasteiger partial charge in [-0.2, -0.15) is 4.72 Å². The smallest absolute Gasteiger partial charge is 0.245 e. The van der Waals surface area contributed by atoms with Crippen molar-refractivity contribution in [3.8, 4) is 16.4 Å². The number of carbonyl (C=O) groups excluding carboxylic acids is 2. The minimum absolute atomic E-state index is 0.0287. The molecule has 2 aromatic heterocycles. The number of rotatable bonds is 10. The van der Waals surface area contributed by atoms with Crippen LogP contribution >= 0.6 is 22.9 Å². The summed E-state index contributed by atoms with van der Waals surface area (Å²) in [5, 5.41) is 4.08. The van der Waals surface area contributed by atoms with Crippen LogP contribution in [0.15, 0.2) is 39.8 Å². The molecule has 2 fully saturated rings. The second-order valence-electron chi connectivity index (χ2n) is 11.1. The van der Waals surface area contributed by atoms with Crippen LogP contribution in [0.4, 0.5) is 10.1 Å². The third kappa shape index (κ3) is 7.09. The molecule has 15 heteroatoms. The monoisotopic (exact) mass is 667 g/mol. The third-order valence-corrected chi connectivity index (χ3v) is 10.6. The molecule has 44 heavy (non-hydrogen) atoms. The first kappa shape index (κ1) is 32.4. The molecule has 4 heterocycles. The van der Waals surface area contributed by atoms with Gasteiger partial charge in [0.25, 0.3) is 0 Å². The van der Waals surface area contributed by atoms with Gasteiger partial charge >= 0.3 is 0 Å². The summed E-state index contributed by atoms with van der Waals surface area (Å²) in [6, 6.07) is 6.07. The number of aromatic nitrogens is 1. The van der Waals surface area contributed by atoms with Gasteiger partial charge in [-0.25, -0.2) is 12.8 Å². The quantitative estimate of drug-likeness (QED) is 0.342. The zero-order chi connectivity index (χ0) is 31.6. The van der Waals surface area contributed by atoms with Gasteiger partial charge in [-0.1, -0.05) is 16.8 Å². The van der Waals surface area contributed by atoms with E-state index in [0.717, 1.165) is 17.0 Å². The van der Waals surface area contributed by atoms with E-state index in [9.17, 15) is 22.4 Å². The van der Waals surface area contributed by atoms with Gasteiger partial charge in [0.1, 0.15) is 16.8 Å². The number of halogens is 2. The molecule has 0 bridgehead atoms. The number of nitrogens with one attached hydrogen (secondary N) is 1. The van der Waals surface area contributed by atoms with Crippen molar-refractivity contribution >= 4 is 50.5 Å². The Kier molecular flexibility index (Phi) is 9.95. The van der Waals surface area contributed by atoms with Crippen LogP contribution in [0, 0.1) is 5.82 Å². The summed E-state index contributed by atoms with van der Waals surface area (Å²) >= 11 is 7.35. The van der Waals surface area contributed by atoms with Crippen molar-refractivity contribution in [3.63, 3.8) is 0 Å². The topological polar surface area (TPSA) is 125 Å². The maximum Gasteiger partial charge on any atom is 0.245 e. The molecular weight excluding hydrogens is 633 g/mol. The molecule has 1 aromatic carbocycles. The van der Waals surface area contributed by atoms with E-state index in [0.29, 0.717) is 67.4 Å². The van der Waals surface area contributed by atoms with Crippen molar-refractivity contribution in [2.75, 3.05) is 44.7 Å². The number of nitrogens with zero attached hydrogens (tertiary/aromatic N) is 4. The predicted molar refractivity (Wildman–Crippen MR) is 165 cm³/mol. The number of amides is 2. The summed E-state index contributed by atoms with van der Waals surface area (Å²) < 4.78 is 56.9. The van der Waals surface area contributed by atoms with Crippen molar-refractivity contribution < 1.29 is 31.7 Å². The molecule has 1 atom stereocenters. The summed E-state index contributed by atoms with van der Waals surface area (Å²) in [6.07, 6.45) is 1.51. The molecule has 238 valence electrons. The Morgan fingerprint density at radius 3 is 2.55 bits per heavy atom. The molecule has 2 aliphatic rings. The zero-order valence-corrected chi connectivity index (χ0v) is 27.1. The van der Waals surface area contributed by atoms with Gasteiger partial charge in [0.2, 0.25) is 21.8 Å². The van der Waals surface area contributed by atoms with E-state index in [-0.39, 0.29) is 30.2 Å². The van der Waals surface area contributed by atoms with Crippen LogP contribution in [-0.2, 0) is 26.0 Å². The molecule has 2 saturated heterocycles. The van der Waals surface area contributed by atoms with Crippen molar-refractivity contribution in [1.29, 1.82) is 0 Å². The lowest BCUT2D eigenvalue weighted by Crippen LogP contribution is -2.56. The number of anilines is 1. The van der Waals surface area contributed by atoms with Crippen molar-refractivity contribution in [2.24, 2.45) is 0 Å². The van der Waals surface area contributed by atoms with Crippen LogP contribution in [0.3, 0.4) is 0 Å². The van der Waals surface area contributed by atoms with E-state index in [4.69, 9.17) is 20.9 Å². The number of sulfonamides is 1. The number of piperazine rings is 1. The Labute approximate surface area is 264 Å². The highest BCUT2D eigenvalue weighted by atomic mass is 35.5. The normalized spacial score (nSPS) is 17.4. The molecule has 2 amide bonds. The maximum absolute atomic E-state index is 15.0. The fraction of sp³-hybridized carbons (Fsp3) is 0.483. The second kappa shape index (κ2) is 13.5. The highest BCUT2D eigenvalue weighted by Gasteiger charge is 2.35. The van der Waals surface area contributed by atoms with Crippen LogP contribution in [0.2, 0.25) is 4.34 Å². The predicted octanol–water partition coefficient (Wildman–Crippen LogP) is 4.16. The fourth-order valence-electron chi connectivity index (χ4n) is 5.51. The van der Waals surface area contributed by atoms with Gasteiger partial charge in [-0.3, -0.25) is 14.5 Å². The van der Waals surface area contributed by atoms with Crippen molar-refractivity contribution in [2.45, 2.75) is 56.5 Å². The summed E-state index contributed by atoms with van der Waals surface area (Å²) in [5.41, 5.74) is 0.373. The molecule has 3 aromatic rings.